The molecule has 0 saturated heterocycles. The molecule has 2 atom stereocenters. The topological polar surface area (TPSA) is 163 Å². The zero-order valence-electron chi connectivity index (χ0n) is 22.3. The Kier molecular flexibility index (Phi) is 13.4. The molecular formula is C28H32N2O10. The van der Waals surface area contributed by atoms with Crippen molar-refractivity contribution < 1.29 is 47.7 Å². The summed E-state index contributed by atoms with van der Waals surface area (Å²) in [6.45, 7) is 1.72. The van der Waals surface area contributed by atoms with Crippen molar-refractivity contribution in [2.75, 3.05) is 13.1 Å². The van der Waals surface area contributed by atoms with Gasteiger partial charge in [-0.15, -0.1) is 0 Å². The van der Waals surface area contributed by atoms with Gasteiger partial charge in [0.25, 0.3) is 11.8 Å². The molecule has 0 aliphatic heterocycles. The third-order valence-electron chi connectivity index (χ3n) is 5.12. The Balaban J connectivity index is 1.89. The van der Waals surface area contributed by atoms with Gasteiger partial charge in [-0.2, -0.15) is 0 Å². The summed E-state index contributed by atoms with van der Waals surface area (Å²) < 4.78 is 20.2. The SMILES string of the molecule is CC(=O)OC(C(=O)NCCC(=O)OCc1ccccc1)C(OC(C)=O)C(=O)NCCC(=O)OCc1ccccc1. The quantitative estimate of drug-likeness (QED) is 0.242. The first kappa shape index (κ1) is 31.5. The number of nitrogens with one attached hydrogen (secondary N) is 2. The van der Waals surface area contributed by atoms with Gasteiger partial charge in [0.05, 0.1) is 12.8 Å². The fourth-order valence-corrected chi connectivity index (χ4v) is 3.26. The van der Waals surface area contributed by atoms with Gasteiger partial charge >= 0.3 is 23.9 Å². The fraction of sp³-hybridized carbons (Fsp3) is 0.357. The highest BCUT2D eigenvalue weighted by atomic mass is 16.6. The van der Waals surface area contributed by atoms with Gasteiger partial charge in [0, 0.05) is 26.9 Å². The number of carbonyl (C=O) groups excluding carboxylic acids is 6. The monoisotopic (exact) mass is 556 g/mol. The highest BCUT2D eigenvalue weighted by molar-refractivity contribution is 5.93. The van der Waals surface area contributed by atoms with Gasteiger partial charge in [0.15, 0.2) is 0 Å². The molecule has 0 radical (unpaired) electrons. The lowest BCUT2D eigenvalue weighted by Crippen LogP contribution is -2.53. The lowest BCUT2D eigenvalue weighted by atomic mass is 10.1. The van der Waals surface area contributed by atoms with Crippen molar-refractivity contribution in [2.24, 2.45) is 0 Å². The molecule has 214 valence electrons. The van der Waals surface area contributed by atoms with E-state index in [1.807, 2.05) is 12.1 Å². The van der Waals surface area contributed by atoms with Gasteiger partial charge in [-0.05, 0) is 11.1 Å². The predicted octanol–water partition coefficient (Wildman–Crippen LogP) is 1.35. The summed E-state index contributed by atoms with van der Waals surface area (Å²) in [6, 6.07) is 18.0. The first-order chi connectivity index (χ1) is 19.2. The van der Waals surface area contributed by atoms with Gasteiger partial charge < -0.3 is 29.6 Å². The Morgan fingerprint density at radius 1 is 0.600 bits per heavy atom. The van der Waals surface area contributed by atoms with Crippen LogP contribution in [0.25, 0.3) is 0 Å². The summed E-state index contributed by atoms with van der Waals surface area (Å²) in [5, 5.41) is 4.74. The van der Waals surface area contributed by atoms with Crippen LogP contribution in [0.1, 0.15) is 37.8 Å². The standard InChI is InChI=1S/C28H32N2O10/c1-19(31)39-25(27(35)29-15-13-23(33)37-17-21-9-5-3-6-10-21)26(40-20(2)32)28(36)30-16-14-24(34)38-18-22-11-7-4-8-12-22/h3-12,25-26H,13-18H2,1-2H3,(H,29,35)(H,30,36). The smallest absolute Gasteiger partial charge is 0.307 e. The van der Waals surface area contributed by atoms with Crippen molar-refractivity contribution in [3.05, 3.63) is 71.8 Å². The van der Waals surface area contributed by atoms with Crippen LogP contribution >= 0.6 is 0 Å². The maximum atomic E-state index is 12.8. The minimum absolute atomic E-state index is 0.0538. The van der Waals surface area contributed by atoms with Crippen LogP contribution in [0.3, 0.4) is 0 Å². The molecule has 0 fully saturated rings. The Labute approximate surface area is 231 Å². The van der Waals surface area contributed by atoms with Crippen molar-refractivity contribution in [2.45, 2.75) is 52.1 Å². The van der Waals surface area contributed by atoms with E-state index in [1.54, 1.807) is 48.5 Å². The second-order valence-electron chi connectivity index (χ2n) is 8.43. The van der Waals surface area contributed by atoms with E-state index in [2.05, 4.69) is 10.6 Å². The minimum atomic E-state index is -1.85. The molecule has 0 saturated carbocycles. The van der Waals surface area contributed by atoms with Crippen LogP contribution in [0, 0.1) is 0 Å². The number of hydrogen-bond donors (Lipinski definition) is 2. The zero-order chi connectivity index (χ0) is 29.3. The van der Waals surface area contributed by atoms with Crippen LogP contribution < -0.4 is 10.6 Å². The molecule has 12 nitrogen and oxygen atoms in total. The summed E-state index contributed by atoms with van der Waals surface area (Å²) in [5.74, 6) is -4.98. The molecule has 0 heterocycles. The largest absolute Gasteiger partial charge is 0.461 e. The Hall–Kier alpha value is -4.74. The molecule has 2 N–H and O–H groups in total. The highest BCUT2D eigenvalue weighted by Crippen LogP contribution is 2.09. The average Bonchev–Trinajstić information content (AvgIpc) is 2.93. The maximum Gasteiger partial charge on any atom is 0.307 e. The number of ether oxygens (including phenoxy) is 4. The van der Waals surface area contributed by atoms with Gasteiger partial charge in [0.1, 0.15) is 13.2 Å². The molecule has 0 bridgehead atoms. The third-order valence-corrected chi connectivity index (χ3v) is 5.12. The second kappa shape index (κ2) is 17.0. The number of carbonyl (C=O) groups is 6. The fourth-order valence-electron chi connectivity index (χ4n) is 3.26. The molecule has 40 heavy (non-hydrogen) atoms. The van der Waals surface area contributed by atoms with Gasteiger partial charge in [-0.25, -0.2) is 0 Å². The van der Waals surface area contributed by atoms with E-state index in [9.17, 15) is 28.8 Å². The van der Waals surface area contributed by atoms with E-state index in [4.69, 9.17) is 18.9 Å². The van der Waals surface area contributed by atoms with Crippen LogP contribution in [0.15, 0.2) is 60.7 Å². The molecule has 2 amide bonds. The van der Waals surface area contributed by atoms with Crippen molar-refractivity contribution in [3.8, 4) is 0 Å². The van der Waals surface area contributed by atoms with Gasteiger partial charge in [-0.1, -0.05) is 60.7 Å². The summed E-state index contributed by atoms with van der Waals surface area (Å²) in [5.41, 5.74) is 1.57. The molecule has 0 aliphatic rings. The molecule has 2 rings (SSSR count). The predicted molar refractivity (Wildman–Crippen MR) is 139 cm³/mol. The van der Waals surface area contributed by atoms with Gasteiger partial charge in [0.2, 0.25) is 12.2 Å². The first-order valence-corrected chi connectivity index (χ1v) is 12.4. The number of hydrogen-bond acceptors (Lipinski definition) is 10. The zero-order valence-corrected chi connectivity index (χ0v) is 22.3. The molecule has 2 unspecified atom stereocenters. The van der Waals surface area contributed by atoms with E-state index < -0.39 is 47.9 Å². The summed E-state index contributed by atoms with van der Waals surface area (Å²) in [7, 11) is 0. The molecule has 0 aliphatic carbocycles. The maximum absolute atomic E-state index is 12.8. The Morgan fingerprint density at radius 2 is 0.950 bits per heavy atom. The lowest BCUT2D eigenvalue weighted by molar-refractivity contribution is -0.174. The van der Waals surface area contributed by atoms with Crippen molar-refractivity contribution in [1.82, 2.24) is 10.6 Å². The highest BCUT2D eigenvalue weighted by Gasteiger charge is 2.39. The van der Waals surface area contributed by atoms with E-state index in [0.29, 0.717) is 0 Å². The van der Waals surface area contributed by atoms with E-state index in [-0.39, 0.29) is 39.1 Å². The summed E-state index contributed by atoms with van der Waals surface area (Å²) in [4.78, 5) is 72.9. The normalized spacial score (nSPS) is 11.8. The molecule has 0 aromatic heterocycles. The Bertz CT molecular complexity index is 1060. The van der Waals surface area contributed by atoms with Crippen molar-refractivity contribution in [1.29, 1.82) is 0 Å². The van der Waals surface area contributed by atoms with Crippen LogP contribution in [-0.2, 0) is 60.9 Å². The molecule has 12 heteroatoms. The van der Waals surface area contributed by atoms with Crippen LogP contribution in [-0.4, -0.2) is 61.0 Å². The molecule has 2 aromatic rings. The Morgan fingerprint density at radius 3 is 1.27 bits per heavy atom. The van der Waals surface area contributed by atoms with Gasteiger partial charge in [-0.3, -0.25) is 28.8 Å². The number of benzene rings is 2. The first-order valence-electron chi connectivity index (χ1n) is 12.4. The number of esters is 4. The molecular weight excluding hydrogens is 524 g/mol. The van der Waals surface area contributed by atoms with Crippen molar-refractivity contribution in [3.63, 3.8) is 0 Å². The number of rotatable bonds is 15. The molecule has 0 spiro atoms. The van der Waals surface area contributed by atoms with Crippen LogP contribution in [0.4, 0.5) is 0 Å². The summed E-state index contributed by atoms with van der Waals surface area (Å²) in [6.07, 6.45) is -4.12. The lowest BCUT2D eigenvalue weighted by Gasteiger charge is -2.24. The van der Waals surface area contributed by atoms with Crippen molar-refractivity contribution >= 4 is 35.7 Å². The molecule has 2 aromatic carbocycles. The minimum Gasteiger partial charge on any atom is -0.461 e. The van der Waals surface area contributed by atoms with E-state index in [1.165, 1.54) is 0 Å². The van der Waals surface area contributed by atoms with E-state index >= 15 is 0 Å². The summed E-state index contributed by atoms with van der Waals surface area (Å²) >= 11 is 0. The number of amides is 2. The second-order valence-corrected chi connectivity index (χ2v) is 8.43. The van der Waals surface area contributed by atoms with E-state index in [0.717, 1.165) is 25.0 Å². The van der Waals surface area contributed by atoms with Crippen LogP contribution in [0.5, 0.6) is 0 Å². The third kappa shape index (κ3) is 12.2. The average molecular weight is 557 g/mol. The van der Waals surface area contributed by atoms with Crippen LogP contribution in [0.2, 0.25) is 0 Å².